The van der Waals surface area contributed by atoms with E-state index in [4.69, 9.17) is 0 Å². The molecule has 0 radical (unpaired) electrons. The van der Waals surface area contributed by atoms with Crippen molar-refractivity contribution < 1.29 is 0 Å². The van der Waals surface area contributed by atoms with Gasteiger partial charge in [-0.2, -0.15) is 0 Å². The third-order valence-corrected chi connectivity index (χ3v) is 3.46. The number of benzene rings is 3. The van der Waals surface area contributed by atoms with Gasteiger partial charge in [-0.15, -0.1) is 0 Å². The molecule has 0 aliphatic heterocycles. The molecule has 1 heterocycles. The zero-order valence-corrected chi connectivity index (χ0v) is 9.27. The van der Waals surface area contributed by atoms with Crippen molar-refractivity contribution >= 4 is 39.3 Å². The van der Waals surface area contributed by atoms with Crippen LogP contribution in [0.2, 0.25) is 0 Å². The van der Waals surface area contributed by atoms with Gasteiger partial charge in [0.15, 0.2) is 0 Å². The number of rotatable bonds is 0. The monoisotopic (exact) mass is 215 g/mol. The van der Waals surface area contributed by atoms with Crippen molar-refractivity contribution in [1.82, 2.24) is 4.98 Å². The van der Waals surface area contributed by atoms with Crippen LogP contribution in [-0.4, -0.2) is 11.9 Å². The summed E-state index contributed by atoms with van der Waals surface area (Å²) in [5.41, 5.74) is 1.20. The van der Waals surface area contributed by atoms with Crippen LogP contribution in [0.3, 0.4) is 0 Å². The fourth-order valence-electron chi connectivity index (χ4n) is 2.63. The molecule has 17 heavy (non-hydrogen) atoms. The van der Waals surface area contributed by atoms with Gasteiger partial charge in [0, 0.05) is 0 Å². The Morgan fingerprint density at radius 3 is 2.65 bits per heavy atom. The molecule has 0 fully saturated rings. The molecule has 4 rings (SSSR count). The second-order valence-corrected chi connectivity index (χ2v) is 4.39. The van der Waals surface area contributed by atoms with Gasteiger partial charge in [0.2, 0.25) is 0 Å². The van der Waals surface area contributed by atoms with Gasteiger partial charge in [0.1, 0.15) is 0 Å². The van der Waals surface area contributed by atoms with Gasteiger partial charge < -0.3 is 0 Å². The number of hydrogen-bond acceptors (Lipinski definition) is 0. The molecule has 1 nitrogen and oxygen atoms in total. The third kappa shape index (κ3) is 1.18. The quantitative estimate of drug-likeness (QED) is 0.429. The van der Waals surface area contributed by atoms with Gasteiger partial charge >= 0.3 is 98.9 Å². The van der Waals surface area contributed by atoms with Crippen LogP contribution in [0.1, 0.15) is 0 Å². The first-order chi connectivity index (χ1) is 8.43. The van der Waals surface area contributed by atoms with E-state index in [0.717, 1.165) is 0 Å². The molecule has 0 atom stereocenters. The molecule has 78 valence electrons. The Balaban J connectivity index is 2.34. The molecular formula is C15H10BN. The summed E-state index contributed by atoms with van der Waals surface area (Å²) < 4.78 is 0. The van der Waals surface area contributed by atoms with E-state index < -0.39 is 0 Å². The SMILES string of the molecule is b1c[nH]c2ccc3c4ccccc4ccc3c12. The maximum absolute atomic E-state index is 3.26. The van der Waals surface area contributed by atoms with Crippen molar-refractivity contribution in [2.75, 3.05) is 0 Å². The summed E-state index contributed by atoms with van der Waals surface area (Å²) in [6.45, 7) is 2.15. The third-order valence-electron chi connectivity index (χ3n) is 3.46. The Kier molecular flexibility index (Phi) is 1.70. The van der Waals surface area contributed by atoms with E-state index in [1.54, 1.807) is 0 Å². The first kappa shape index (κ1) is 9.00. The van der Waals surface area contributed by atoms with Gasteiger partial charge in [-0.25, -0.2) is 0 Å². The minimum absolute atomic E-state index is 1.20. The van der Waals surface area contributed by atoms with E-state index in [1.807, 2.05) is 6.09 Å². The maximum atomic E-state index is 3.26. The Morgan fingerprint density at radius 1 is 0.765 bits per heavy atom. The van der Waals surface area contributed by atoms with Crippen molar-refractivity contribution in [1.29, 1.82) is 0 Å². The van der Waals surface area contributed by atoms with Crippen LogP contribution in [-0.2, 0) is 0 Å². The first-order valence-electron chi connectivity index (χ1n) is 5.81. The molecule has 0 unspecified atom stereocenters. The Labute approximate surface area is 99.3 Å². The van der Waals surface area contributed by atoms with Crippen molar-refractivity contribution in [2.24, 2.45) is 0 Å². The van der Waals surface area contributed by atoms with Crippen molar-refractivity contribution in [3.63, 3.8) is 0 Å². The fourth-order valence-corrected chi connectivity index (χ4v) is 2.63. The molecule has 0 aliphatic carbocycles. The molecule has 0 aliphatic rings. The van der Waals surface area contributed by atoms with Gasteiger partial charge in [0.05, 0.1) is 0 Å². The Bertz CT molecular complexity index is 845. The molecule has 0 amide bonds. The van der Waals surface area contributed by atoms with Crippen molar-refractivity contribution in [3.8, 4) is 0 Å². The van der Waals surface area contributed by atoms with Gasteiger partial charge in [0.25, 0.3) is 0 Å². The molecule has 0 saturated carbocycles. The fraction of sp³-hybridized carbons (Fsp3) is 0. The Morgan fingerprint density at radius 2 is 1.65 bits per heavy atom. The van der Waals surface area contributed by atoms with E-state index in [9.17, 15) is 0 Å². The number of fused-ring (bicyclic) bond motifs is 5. The van der Waals surface area contributed by atoms with Crippen LogP contribution in [0.15, 0.2) is 54.6 Å². The topological polar surface area (TPSA) is 15.8 Å². The minimum atomic E-state index is 1.20. The number of hydrogen-bond donors (Lipinski definition) is 1. The van der Waals surface area contributed by atoms with Crippen LogP contribution in [0.5, 0.6) is 0 Å². The Hall–Kier alpha value is -2.09. The standard InChI is InChI=1S/C15H10BN/c1-2-4-11-10(3-1)5-6-13-12(11)7-8-14-15(13)16-9-17-14/h1-9,17H. The summed E-state index contributed by atoms with van der Waals surface area (Å²) in [5, 5.41) is 6.58. The van der Waals surface area contributed by atoms with E-state index in [0.29, 0.717) is 0 Å². The molecule has 0 spiro atoms. The van der Waals surface area contributed by atoms with Crippen LogP contribution in [0.4, 0.5) is 0 Å². The van der Waals surface area contributed by atoms with E-state index in [-0.39, 0.29) is 0 Å². The van der Waals surface area contributed by atoms with Crippen molar-refractivity contribution in [2.45, 2.75) is 0 Å². The predicted octanol–water partition coefficient (Wildman–Crippen LogP) is 3.81. The molecule has 4 aromatic rings. The average Bonchev–Trinajstić information content (AvgIpc) is 2.86. The molecule has 1 N–H and O–H groups in total. The van der Waals surface area contributed by atoms with Crippen LogP contribution >= 0.6 is 0 Å². The summed E-state index contributed by atoms with van der Waals surface area (Å²) in [7, 11) is 0. The predicted molar refractivity (Wildman–Crippen MR) is 74.7 cm³/mol. The van der Waals surface area contributed by atoms with E-state index in [1.165, 1.54) is 32.3 Å². The second-order valence-electron chi connectivity index (χ2n) is 4.39. The first-order valence-corrected chi connectivity index (χ1v) is 5.81. The molecule has 0 bridgehead atoms. The second kappa shape index (κ2) is 3.20. The normalized spacial score (nSPS) is 11.3. The zero-order chi connectivity index (χ0) is 11.2. The summed E-state index contributed by atoms with van der Waals surface area (Å²) in [6.07, 6.45) is 2.00. The van der Waals surface area contributed by atoms with Gasteiger partial charge in [-0.3, -0.25) is 0 Å². The molecule has 1 aromatic heterocycles. The number of aromatic nitrogens is 1. The number of aromatic amines is 1. The van der Waals surface area contributed by atoms with Crippen LogP contribution in [0.25, 0.3) is 32.3 Å². The molecule has 3 aromatic carbocycles. The molecular weight excluding hydrogens is 205 g/mol. The summed E-state index contributed by atoms with van der Waals surface area (Å²) in [4.78, 5) is 3.26. The summed E-state index contributed by atoms with van der Waals surface area (Å²) in [6, 6.07) is 17.3. The van der Waals surface area contributed by atoms with E-state index in [2.05, 4.69) is 60.4 Å². The average molecular weight is 215 g/mol. The van der Waals surface area contributed by atoms with E-state index >= 15 is 0 Å². The van der Waals surface area contributed by atoms with Gasteiger partial charge in [-0.1, -0.05) is 0 Å². The summed E-state index contributed by atoms with van der Waals surface area (Å²) >= 11 is 0. The number of nitrogens with one attached hydrogen (secondary N) is 1. The molecule has 2 heteroatoms. The van der Waals surface area contributed by atoms with Gasteiger partial charge in [-0.05, 0) is 0 Å². The zero-order valence-electron chi connectivity index (χ0n) is 9.27. The number of H-pyrrole nitrogens is 1. The van der Waals surface area contributed by atoms with Crippen LogP contribution in [0, 0.1) is 0 Å². The van der Waals surface area contributed by atoms with Crippen LogP contribution < -0.4 is 0 Å². The van der Waals surface area contributed by atoms with Crippen molar-refractivity contribution in [3.05, 3.63) is 54.6 Å². The molecule has 0 saturated heterocycles. The summed E-state index contributed by atoms with van der Waals surface area (Å²) in [5.74, 6) is 0.